The molecule has 0 bridgehead atoms. The van der Waals surface area contributed by atoms with E-state index in [1.807, 2.05) is 0 Å². The van der Waals surface area contributed by atoms with Crippen LogP contribution in [0.3, 0.4) is 0 Å². The van der Waals surface area contributed by atoms with Crippen molar-refractivity contribution in [2.75, 3.05) is 32.8 Å². The first-order valence-electron chi connectivity index (χ1n) is 7.37. The molecule has 2 heterocycles. The summed E-state index contributed by atoms with van der Waals surface area (Å²) in [4.78, 5) is 6.42. The largest absolute Gasteiger partial charge is 0.395 e. The molecule has 1 saturated heterocycles. The summed E-state index contributed by atoms with van der Waals surface area (Å²) in [5.41, 5.74) is 1.13. The van der Waals surface area contributed by atoms with Gasteiger partial charge in [0.05, 0.1) is 6.61 Å². The third-order valence-electron chi connectivity index (χ3n) is 3.83. The molecule has 0 aromatic carbocycles. The van der Waals surface area contributed by atoms with Crippen LogP contribution in [-0.2, 0) is 6.54 Å². The summed E-state index contributed by atoms with van der Waals surface area (Å²) in [5, 5.41) is 10.9. The molecular weight excluding hydrogens is 268 g/mol. The summed E-state index contributed by atoms with van der Waals surface area (Å²) in [6.45, 7) is 10.3. The normalized spacial score (nSPS) is 20.6. The lowest BCUT2D eigenvalue weighted by Crippen LogP contribution is -2.51. The minimum absolute atomic E-state index is 0.142. The molecule has 0 saturated carbocycles. The summed E-state index contributed by atoms with van der Waals surface area (Å²) >= 11 is 1.79. The van der Waals surface area contributed by atoms with Crippen LogP contribution >= 0.6 is 11.3 Å². The lowest BCUT2D eigenvalue weighted by atomic mass is 10.1. The Balaban J connectivity index is 1.95. The fraction of sp³-hybridized carbons (Fsp3) is 0.625. The van der Waals surface area contributed by atoms with Gasteiger partial charge in [-0.05, 0) is 24.9 Å². The number of rotatable bonds is 4. The Bertz CT molecular complexity index is 474. The van der Waals surface area contributed by atoms with Gasteiger partial charge in [-0.2, -0.15) is 0 Å². The minimum atomic E-state index is 0.142. The molecule has 110 valence electrons. The van der Waals surface area contributed by atoms with Gasteiger partial charge in [-0.1, -0.05) is 18.8 Å². The molecule has 1 aromatic heterocycles. The zero-order valence-corrected chi connectivity index (χ0v) is 13.2. The van der Waals surface area contributed by atoms with E-state index in [2.05, 4.69) is 46.9 Å². The maximum absolute atomic E-state index is 8.79. The van der Waals surface area contributed by atoms with E-state index in [9.17, 15) is 0 Å². The molecule has 1 aliphatic rings. The molecular formula is C16H24N2OS. The fourth-order valence-corrected chi connectivity index (χ4v) is 3.55. The highest BCUT2D eigenvalue weighted by molar-refractivity contribution is 7.10. The number of aliphatic hydroxyl groups excluding tert-OH is 1. The van der Waals surface area contributed by atoms with Crippen LogP contribution in [0, 0.1) is 11.8 Å². The van der Waals surface area contributed by atoms with Crippen molar-refractivity contribution < 1.29 is 5.11 Å². The SMILES string of the molecule is CCN1CCN(Cc2sccc2C#CCCO)CC1C. The van der Waals surface area contributed by atoms with Crippen molar-refractivity contribution in [3.63, 3.8) is 0 Å². The van der Waals surface area contributed by atoms with Crippen LogP contribution in [0.4, 0.5) is 0 Å². The summed E-state index contributed by atoms with van der Waals surface area (Å²) in [5.74, 6) is 6.20. The number of thiophene rings is 1. The van der Waals surface area contributed by atoms with Gasteiger partial charge < -0.3 is 5.11 Å². The number of aliphatic hydroxyl groups is 1. The van der Waals surface area contributed by atoms with Gasteiger partial charge in [0.25, 0.3) is 0 Å². The van der Waals surface area contributed by atoms with Crippen molar-refractivity contribution in [1.29, 1.82) is 0 Å². The minimum Gasteiger partial charge on any atom is -0.395 e. The molecule has 1 unspecified atom stereocenters. The Morgan fingerprint density at radius 2 is 2.30 bits per heavy atom. The monoisotopic (exact) mass is 292 g/mol. The van der Waals surface area contributed by atoms with Gasteiger partial charge in [0, 0.05) is 49.1 Å². The predicted octanol–water partition coefficient (Wildman–Crippen LogP) is 2.01. The van der Waals surface area contributed by atoms with E-state index in [4.69, 9.17) is 5.11 Å². The quantitative estimate of drug-likeness (QED) is 0.860. The second kappa shape index (κ2) is 7.80. The van der Waals surface area contributed by atoms with Crippen LogP contribution in [0.25, 0.3) is 0 Å². The van der Waals surface area contributed by atoms with E-state index >= 15 is 0 Å². The summed E-state index contributed by atoms with van der Waals surface area (Å²) in [6.07, 6.45) is 0.557. The van der Waals surface area contributed by atoms with E-state index in [1.165, 1.54) is 4.88 Å². The third-order valence-corrected chi connectivity index (χ3v) is 4.73. The van der Waals surface area contributed by atoms with Gasteiger partial charge in [-0.3, -0.25) is 9.80 Å². The third kappa shape index (κ3) is 4.07. The van der Waals surface area contributed by atoms with Crippen LogP contribution in [0.1, 0.15) is 30.7 Å². The first kappa shape index (κ1) is 15.5. The van der Waals surface area contributed by atoms with Gasteiger partial charge >= 0.3 is 0 Å². The van der Waals surface area contributed by atoms with Gasteiger partial charge in [0.2, 0.25) is 0 Å². The molecule has 0 radical (unpaired) electrons. The van der Waals surface area contributed by atoms with Crippen molar-refractivity contribution in [2.45, 2.75) is 32.9 Å². The van der Waals surface area contributed by atoms with E-state index < -0.39 is 0 Å². The topological polar surface area (TPSA) is 26.7 Å². The van der Waals surface area contributed by atoms with E-state index in [0.717, 1.165) is 38.3 Å². The maximum Gasteiger partial charge on any atom is 0.0540 e. The highest BCUT2D eigenvalue weighted by Gasteiger charge is 2.22. The fourth-order valence-electron chi connectivity index (χ4n) is 2.68. The zero-order chi connectivity index (χ0) is 14.4. The molecule has 4 heteroatoms. The summed E-state index contributed by atoms with van der Waals surface area (Å²) in [7, 11) is 0. The zero-order valence-electron chi connectivity index (χ0n) is 12.4. The number of likely N-dealkylation sites (N-methyl/N-ethyl adjacent to an activating group) is 1. The Morgan fingerprint density at radius 1 is 1.45 bits per heavy atom. The molecule has 1 fully saturated rings. The summed E-state index contributed by atoms with van der Waals surface area (Å²) < 4.78 is 0. The summed E-state index contributed by atoms with van der Waals surface area (Å²) in [6, 6.07) is 2.73. The highest BCUT2D eigenvalue weighted by Crippen LogP contribution is 2.20. The smallest absolute Gasteiger partial charge is 0.0540 e. The predicted molar refractivity (Wildman–Crippen MR) is 84.9 cm³/mol. The van der Waals surface area contributed by atoms with E-state index in [0.29, 0.717) is 12.5 Å². The molecule has 0 spiro atoms. The van der Waals surface area contributed by atoms with Crippen molar-refractivity contribution in [1.82, 2.24) is 9.80 Å². The Labute approximate surface area is 126 Å². The van der Waals surface area contributed by atoms with Crippen LogP contribution < -0.4 is 0 Å². The number of hydrogen-bond donors (Lipinski definition) is 1. The molecule has 0 aliphatic carbocycles. The van der Waals surface area contributed by atoms with Crippen LogP contribution in [-0.4, -0.2) is 53.7 Å². The maximum atomic E-state index is 8.79. The Hall–Kier alpha value is -0.860. The van der Waals surface area contributed by atoms with Gasteiger partial charge in [-0.25, -0.2) is 0 Å². The Kier molecular flexibility index (Phi) is 6.06. The van der Waals surface area contributed by atoms with Gasteiger partial charge in [-0.15, -0.1) is 11.3 Å². The molecule has 1 atom stereocenters. The molecule has 20 heavy (non-hydrogen) atoms. The molecule has 0 amide bonds. The molecule has 3 nitrogen and oxygen atoms in total. The van der Waals surface area contributed by atoms with E-state index in [-0.39, 0.29) is 6.61 Å². The lowest BCUT2D eigenvalue weighted by molar-refractivity contribution is 0.0840. The molecule has 1 N–H and O–H groups in total. The second-order valence-electron chi connectivity index (χ2n) is 5.25. The standard InChI is InChI=1S/C16H24N2OS/c1-3-18-9-8-17(12-14(18)2)13-16-15(7-11-20-16)6-4-5-10-19/h7,11,14,19H,3,5,8-10,12-13H2,1-2H3. The van der Waals surface area contributed by atoms with Gasteiger partial charge in [0.15, 0.2) is 0 Å². The van der Waals surface area contributed by atoms with Crippen LogP contribution in [0.15, 0.2) is 11.4 Å². The van der Waals surface area contributed by atoms with Crippen molar-refractivity contribution >= 4 is 11.3 Å². The van der Waals surface area contributed by atoms with Crippen molar-refractivity contribution in [3.05, 3.63) is 21.9 Å². The first-order chi connectivity index (χ1) is 9.74. The second-order valence-corrected chi connectivity index (χ2v) is 6.25. The highest BCUT2D eigenvalue weighted by atomic mass is 32.1. The van der Waals surface area contributed by atoms with Crippen LogP contribution in [0.5, 0.6) is 0 Å². The molecule has 1 aromatic rings. The van der Waals surface area contributed by atoms with E-state index in [1.54, 1.807) is 11.3 Å². The Morgan fingerprint density at radius 3 is 3.00 bits per heavy atom. The van der Waals surface area contributed by atoms with Crippen molar-refractivity contribution in [3.8, 4) is 11.8 Å². The number of hydrogen-bond acceptors (Lipinski definition) is 4. The lowest BCUT2D eigenvalue weighted by Gasteiger charge is -2.39. The average molecular weight is 292 g/mol. The van der Waals surface area contributed by atoms with Gasteiger partial charge in [0.1, 0.15) is 0 Å². The molecule has 1 aliphatic heterocycles. The first-order valence-corrected chi connectivity index (χ1v) is 8.25. The number of piperazine rings is 1. The average Bonchev–Trinajstić information content (AvgIpc) is 2.87. The molecule has 2 rings (SSSR count). The van der Waals surface area contributed by atoms with Crippen molar-refractivity contribution in [2.24, 2.45) is 0 Å². The number of nitrogens with zero attached hydrogens (tertiary/aromatic N) is 2. The van der Waals surface area contributed by atoms with Crippen LogP contribution in [0.2, 0.25) is 0 Å².